The Bertz CT molecular complexity index is 933. The molecule has 26 heavy (non-hydrogen) atoms. The maximum atomic E-state index is 11.9. The van der Waals surface area contributed by atoms with Crippen molar-refractivity contribution in [1.82, 2.24) is 10.5 Å². The van der Waals surface area contributed by atoms with Gasteiger partial charge in [0.05, 0.1) is 12.8 Å². The molecule has 1 heterocycles. The Kier molecular flexibility index (Phi) is 5.38. The second kappa shape index (κ2) is 8.06. The first-order valence-electron chi connectivity index (χ1n) is 7.97. The average Bonchev–Trinajstić information content (AvgIpc) is 3.04. The lowest BCUT2D eigenvalue weighted by atomic mass is 10.1. The van der Waals surface area contributed by atoms with Gasteiger partial charge in [0.2, 0.25) is 5.91 Å². The average molecular weight is 352 g/mol. The van der Waals surface area contributed by atoms with E-state index < -0.39 is 24.4 Å². The van der Waals surface area contributed by atoms with Crippen molar-refractivity contribution in [3.05, 3.63) is 65.9 Å². The van der Waals surface area contributed by atoms with Crippen molar-refractivity contribution in [1.29, 1.82) is 0 Å². The summed E-state index contributed by atoms with van der Waals surface area (Å²) >= 11 is 0. The number of esters is 1. The van der Waals surface area contributed by atoms with E-state index in [4.69, 9.17) is 9.26 Å². The lowest BCUT2D eigenvalue weighted by molar-refractivity contribution is -0.149. The number of ether oxygens (including phenoxy) is 1. The predicted molar refractivity (Wildman–Crippen MR) is 92.0 cm³/mol. The predicted octanol–water partition coefficient (Wildman–Crippen LogP) is 1.80. The number of carbonyl (C=O) groups excluding carboxylic acids is 3. The first-order chi connectivity index (χ1) is 12.6. The standard InChI is InChI=1S/C19H16N2O5/c22-17(10-13-6-2-1-3-7-13)20-18(23)12-25-19(24)11-15-14-8-4-5-9-16(14)26-21-15/h1-9H,10-12H2,(H,20,22,23). The molecule has 0 unspecified atom stereocenters. The molecular weight excluding hydrogens is 336 g/mol. The summed E-state index contributed by atoms with van der Waals surface area (Å²) in [5.41, 5.74) is 1.79. The van der Waals surface area contributed by atoms with Crippen LogP contribution in [0.3, 0.4) is 0 Å². The van der Waals surface area contributed by atoms with Crippen molar-refractivity contribution < 1.29 is 23.6 Å². The molecular formula is C19H16N2O5. The second-order valence-corrected chi connectivity index (χ2v) is 5.60. The summed E-state index contributed by atoms with van der Waals surface area (Å²) in [5, 5.41) is 6.72. The molecule has 0 aliphatic carbocycles. The van der Waals surface area contributed by atoms with Crippen LogP contribution in [0.4, 0.5) is 0 Å². The van der Waals surface area contributed by atoms with Crippen LogP contribution >= 0.6 is 0 Å². The van der Waals surface area contributed by atoms with E-state index >= 15 is 0 Å². The van der Waals surface area contributed by atoms with Gasteiger partial charge in [0, 0.05) is 5.39 Å². The molecule has 0 saturated carbocycles. The van der Waals surface area contributed by atoms with Crippen LogP contribution in [-0.2, 0) is 32.0 Å². The summed E-state index contributed by atoms with van der Waals surface area (Å²) in [4.78, 5) is 35.4. The zero-order valence-corrected chi connectivity index (χ0v) is 13.8. The largest absolute Gasteiger partial charge is 0.455 e. The maximum Gasteiger partial charge on any atom is 0.312 e. The highest BCUT2D eigenvalue weighted by Gasteiger charge is 2.15. The van der Waals surface area contributed by atoms with Crippen molar-refractivity contribution >= 4 is 28.8 Å². The van der Waals surface area contributed by atoms with Gasteiger partial charge in [-0.25, -0.2) is 0 Å². The molecule has 7 heteroatoms. The number of rotatable bonds is 6. The fourth-order valence-electron chi connectivity index (χ4n) is 2.42. The molecule has 0 aliphatic rings. The Morgan fingerprint density at radius 3 is 2.46 bits per heavy atom. The first kappa shape index (κ1) is 17.3. The summed E-state index contributed by atoms with van der Waals surface area (Å²) < 4.78 is 10.00. The summed E-state index contributed by atoms with van der Waals surface area (Å²) in [5.74, 6) is -1.77. The molecule has 1 aromatic heterocycles. The maximum absolute atomic E-state index is 11.9. The minimum Gasteiger partial charge on any atom is -0.455 e. The van der Waals surface area contributed by atoms with Crippen molar-refractivity contribution in [3.8, 4) is 0 Å². The van der Waals surface area contributed by atoms with E-state index in [2.05, 4.69) is 10.5 Å². The number of para-hydroxylation sites is 1. The number of nitrogens with one attached hydrogen (secondary N) is 1. The number of benzene rings is 2. The zero-order valence-electron chi connectivity index (χ0n) is 13.8. The highest BCUT2D eigenvalue weighted by atomic mass is 16.5. The molecule has 0 radical (unpaired) electrons. The van der Waals surface area contributed by atoms with Gasteiger partial charge in [0.15, 0.2) is 12.2 Å². The first-order valence-corrected chi connectivity index (χ1v) is 7.97. The smallest absolute Gasteiger partial charge is 0.312 e. The number of aromatic nitrogens is 1. The third-order valence-corrected chi connectivity index (χ3v) is 3.61. The molecule has 2 aromatic carbocycles. The van der Waals surface area contributed by atoms with Gasteiger partial charge in [0.1, 0.15) is 5.69 Å². The molecule has 0 spiro atoms. The quantitative estimate of drug-likeness (QED) is 0.679. The number of fused-ring (bicyclic) bond motifs is 1. The molecule has 1 N–H and O–H groups in total. The Morgan fingerprint density at radius 1 is 0.923 bits per heavy atom. The Morgan fingerprint density at radius 2 is 1.65 bits per heavy atom. The topological polar surface area (TPSA) is 98.5 Å². The highest BCUT2D eigenvalue weighted by Crippen LogP contribution is 2.18. The van der Waals surface area contributed by atoms with Gasteiger partial charge in [0.25, 0.3) is 5.91 Å². The van der Waals surface area contributed by atoms with E-state index in [1.165, 1.54) is 0 Å². The van der Waals surface area contributed by atoms with Crippen LogP contribution in [0.2, 0.25) is 0 Å². The van der Waals surface area contributed by atoms with Crippen LogP contribution in [0.5, 0.6) is 0 Å². The lowest BCUT2D eigenvalue weighted by Gasteiger charge is -2.05. The molecule has 2 amide bonds. The highest BCUT2D eigenvalue weighted by molar-refractivity contribution is 5.97. The van der Waals surface area contributed by atoms with E-state index in [1.807, 2.05) is 6.07 Å². The van der Waals surface area contributed by atoms with E-state index in [1.54, 1.807) is 48.5 Å². The summed E-state index contributed by atoms with van der Waals surface area (Å²) in [6.45, 7) is -0.533. The van der Waals surface area contributed by atoms with Crippen LogP contribution < -0.4 is 5.32 Å². The van der Waals surface area contributed by atoms with Gasteiger partial charge in [-0.15, -0.1) is 0 Å². The van der Waals surface area contributed by atoms with E-state index in [9.17, 15) is 14.4 Å². The van der Waals surface area contributed by atoms with Crippen LogP contribution in [0.25, 0.3) is 11.0 Å². The Balaban J connectivity index is 1.45. The van der Waals surface area contributed by atoms with Crippen molar-refractivity contribution in [3.63, 3.8) is 0 Å². The SMILES string of the molecule is O=C(COC(=O)Cc1noc2ccccc12)NC(=O)Cc1ccccc1. The van der Waals surface area contributed by atoms with Crippen LogP contribution in [-0.4, -0.2) is 29.5 Å². The lowest BCUT2D eigenvalue weighted by Crippen LogP contribution is -2.35. The van der Waals surface area contributed by atoms with Crippen LogP contribution in [0, 0.1) is 0 Å². The van der Waals surface area contributed by atoms with Gasteiger partial charge < -0.3 is 9.26 Å². The van der Waals surface area contributed by atoms with Crippen molar-refractivity contribution in [2.45, 2.75) is 12.8 Å². The zero-order chi connectivity index (χ0) is 18.4. The molecule has 132 valence electrons. The number of hydrogen-bond acceptors (Lipinski definition) is 6. The second-order valence-electron chi connectivity index (χ2n) is 5.60. The molecule has 3 rings (SSSR count). The van der Waals surface area contributed by atoms with Crippen LogP contribution in [0.15, 0.2) is 59.1 Å². The molecule has 0 aliphatic heterocycles. The van der Waals surface area contributed by atoms with Gasteiger partial charge in [-0.3, -0.25) is 19.7 Å². The van der Waals surface area contributed by atoms with Crippen LogP contribution in [0.1, 0.15) is 11.3 Å². The van der Waals surface area contributed by atoms with Gasteiger partial charge >= 0.3 is 5.97 Å². The number of amides is 2. The van der Waals surface area contributed by atoms with Crippen molar-refractivity contribution in [2.75, 3.05) is 6.61 Å². The minimum atomic E-state index is -0.677. The van der Waals surface area contributed by atoms with Crippen molar-refractivity contribution in [2.24, 2.45) is 0 Å². The van der Waals surface area contributed by atoms with E-state index in [-0.39, 0.29) is 12.8 Å². The summed E-state index contributed by atoms with van der Waals surface area (Å²) in [6, 6.07) is 16.1. The van der Waals surface area contributed by atoms with E-state index in [0.29, 0.717) is 16.7 Å². The molecule has 7 nitrogen and oxygen atoms in total. The molecule has 0 bridgehead atoms. The van der Waals surface area contributed by atoms with Gasteiger partial charge in [-0.2, -0.15) is 0 Å². The van der Waals surface area contributed by atoms with E-state index in [0.717, 1.165) is 5.56 Å². The Hall–Kier alpha value is -3.48. The summed E-state index contributed by atoms with van der Waals surface area (Å²) in [6.07, 6.45) is -0.0479. The number of hydrogen-bond donors (Lipinski definition) is 1. The third-order valence-electron chi connectivity index (χ3n) is 3.61. The number of nitrogens with zero attached hydrogens (tertiary/aromatic N) is 1. The fraction of sp³-hybridized carbons (Fsp3) is 0.158. The fourth-order valence-corrected chi connectivity index (χ4v) is 2.42. The van der Waals surface area contributed by atoms with Gasteiger partial charge in [-0.05, 0) is 17.7 Å². The number of carbonyl (C=O) groups is 3. The molecule has 0 fully saturated rings. The number of imide groups is 1. The summed E-state index contributed by atoms with van der Waals surface area (Å²) in [7, 11) is 0. The molecule has 3 aromatic rings. The van der Waals surface area contributed by atoms with Gasteiger partial charge in [-0.1, -0.05) is 47.6 Å². The third kappa shape index (κ3) is 4.54. The normalized spacial score (nSPS) is 10.5. The Labute approximate surface area is 148 Å². The molecule has 0 saturated heterocycles. The monoisotopic (exact) mass is 352 g/mol. The minimum absolute atomic E-state index is 0.0749. The molecule has 0 atom stereocenters.